The summed E-state index contributed by atoms with van der Waals surface area (Å²) in [4.78, 5) is 28.4. The Bertz CT molecular complexity index is 680. The van der Waals surface area contributed by atoms with Gasteiger partial charge in [0, 0.05) is 11.8 Å². The van der Waals surface area contributed by atoms with Crippen molar-refractivity contribution in [2.75, 3.05) is 14.2 Å². The first-order valence-corrected chi connectivity index (χ1v) is 6.31. The summed E-state index contributed by atoms with van der Waals surface area (Å²) in [5.74, 6) is -1.21. The summed E-state index contributed by atoms with van der Waals surface area (Å²) in [5.41, 5.74) is 1.98. The Kier molecular flexibility index (Phi) is 4.33. The number of carbonyl (C=O) groups is 2. The van der Waals surface area contributed by atoms with Crippen LogP contribution in [-0.2, 0) is 9.47 Å². The van der Waals surface area contributed by atoms with E-state index in [0.29, 0.717) is 11.3 Å². The van der Waals surface area contributed by atoms with Gasteiger partial charge in [0.05, 0.1) is 25.5 Å². The molecule has 0 aliphatic rings. The molecule has 2 rings (SSSR count). The molecule has 21 heavy (non-hydrogen) atoms. The van der Waals surface area contributed by atoms with Crippen LogP contribution in [0.1, 0.15) is 26.3 Å². The Hall–Kier alpha value is -2.69. The van der Waals surface area contributed by atoms with Crippen LogP contribution in [0.15, 0.2) is 36.5 Å². The molecular weight excluding hydrogens is 270 g/mol. The highest BCUT2D eigenvalue weighted by Crippen LogP contribution is 2.27. The molecule has 1 heterocycles. The van der Waals surface area contributed by atoms with Gasteiger partial charge in [-0.1, -0.05) is 30.3 Å². The van der Waals surface area contributed by atoms with E-state index in [-0.39, 0.29) is 11.1 Å². The fourth-order valence-corrected chi connectivity index (χ4v) is 2.09. The maximum atomic E-state index is 12.1. The van der Waals surface area contributed by atoms with Crippen molar-refractivity contribution in [3.63, 3.8) is 0 Å². The number of methoxy groups -OCH3 is 2. The van der Waals surface area contributed by atoms with Crippen LogP contribution in [0.25, 0.3) is 11.3 Å². The third-order valence-electron chi connectivity index (χ3n) is 3.09. The van der Waals surface area contributed by atoms with E-state index in [9.17, 15) is 9.59 Å². The van der Waals surface area contributed by atoms with Crippen molar-refractivity contribution < 1.29 is 19.1 Å². The Balaban J connectivity index is 2.77. The molecule has 1 aromatic heterocycles. The summed E-state index contributed by atoms with van der Waals surface area (Å²) in [6.45, 7) is 1.69. The minimum absolute atomic E-state index is 0.121. The monoisotopic (exact) mass is 285 g/mol. The molecular formula is C16H15NO4. The van der Waals surface area contributed by atoms with Gasteiger partial charge in [0.2, 0.25) is 0 Å². The first kappa shape index (κ1) is 14.7. The molecule has 0 aliphatic carbocycles. The minimum Gasteiger partial charge on any atom is -0.465 e. The van der Waals surface area contributed by atoms with Crippen molar-refractivity contribution in [3.8, 4) is 11.3 Å². The molecule has 0 saturated carbocycles. The van der Waals surface area contributed by atoms with Crippen molar-refractivity contribution in [1.82, 2.24) is 4.98 Å². The summed E-state index contributed by atoms with van der Waals surface area (Å²) < 4.78 is 9.57. The number of esters is 2. The Morgan fingerprint density at radius 1 is 0.952 bits per heavy atom. The van der Waals surface area contributed by atoms with Gasteiger partial charge < -0.3 is 9.47 Å². The predicted octanol–water partition coefficient (Wildman–Crippen LogP) is 2.63. The molecule has 5 nitrogen and oxygen atoms in total. The zero-order valence-electron chi connectivity index (χ0n) is 12.0. The number of hydrogen-bond donors (Lipinski definition) is 0. The molecule has 0 N–H and O–H groups in total. The molecule has 0 bridgehead atoms. The average molecular weight is 285 g/mol. The zero-order chi connectivity index (χ0) is 15.4. The molecule has 0 unspecified atom stereocenters. The van der Waals surface area contributed by atoms with Gasteiger partial charge in [0.15, 0.2) is 0 Å². The van der Waals surface area contributed by atoms with Crippen molar-refractivity contribution >= 4 is 11.9 Å². The molecule has 1 aromatic carbocycles. The number of pyridine rings is 1. The van der Waals surface area contributed by atoms with Crippen LogP contribution in [0, 0.1) is 6.92 Å². The van der Waals surface area contributed by atoms with Gasteiger partial charge in [-0.2, -0.15) is 0 Å². The van der Waals surface area contributed by atoms with Crippen molar-refractivity contribution in [1.29, 1.82) is 0 Å². The van der Waals surface area contributed by atoms with Crippen molar-refractivity contribution in [2.45, 2.75) is 6.92 Å². The van der Waals surface area contributed by atoms with Gasteiger partial charge in [0.1, 0.15) is 5.56 Å². The number of carbonyl (C=O) groups excluding carboxylic acids is 2. The molecule has 0 fully saturated rings. The largest absolute Gasteiger partial charge is 0.465 e. The van der Waals surface area contributed by atoms with Crippen molar-refractivity contribution in [2.24, 2.45) is 0 Å². The molecule has 0 atom stereocenters. The Morgan fingerprint density at radius 2 is 1.52 bits per heavy atom. The molecule has 2 aromatic rings. The number of benzene rings is 1. The molecule has 0 aliphatic heterocycles. The number of aromatic nitrogens is 1. The number of ether oxygens (including phenoxy) is 2. The van der Waals surface area contributed by atoms with E-state index < -0.39 is 11.9 Å². The third-order valence-corrected chi connectivity index (χ3v) is 3.09. The lowest BCUT2D eigenvalue weighted by atomic mass is 9.98. The second-order valence-corrected chi connectivity index (χ2v) is 4.39. The number of aryl methyl sites for hydroxylation is 1. The minimum atomic E-state index is -0.620. The van der Waals surface area contributed by atoms with E-state index in [2.05, 4.69) is 4.98 Å². The normalized spacial score (nSPS) is 10.0. The summed E-state index contributed by atoms with van der Waals surface area (Å²) >= 11 is 0. The molecule has 108 valence electrons. The lowest BCUT2D eigenvalue weighted by Crippen LogP contribution is -2.16. The molecule has 0 spiro atoms. The molecule has 5 heteroatoms. The fraction of sp³-hybridized carbons (Fsp3) is 0.188. The highest BCUT2D eigenvalue weighted by Gasteiger charge is 2.26. The summed E-state index contributed by atoms with van der Waals surface area (Å²) in [6.07, 6.45) is 1.54. The van der Waals surface area contributed by atoms with Gasteiger partial charge in [-0.25, -0.2) is 9.59 Å². The van der Waals surface area contributed by atoms with E-state index in [4.69, 9.17) is 9.47 Å². The van der Waals surface area contributed by atoms with Gasteiger partial charge in [-0.15, -0.1) is 0 Å². The maximum Gasteiger partial charge on any atom is 0.340 e. The predicted molar refractivity (Wildman–Crippen MR) is 77.1 cm³/mol. The van der Waals surface area contributed by atoms with E-state index in [1.165, 1.54) is 14.2 Å². The van der Waals surface area contributed by atoms with E-state index in [0.717, 1.165) is 5.56 Å². The summed E-state index contributed by atoms with van der Waals surface area (Å²) in [5, 5.41) is 0. The highest BCUT2D eigenvalue weighted by molar-refractivity contribution is 6.07. The lowest BCUT2D eigenvalue weighted by Gasteiger charge is -2.13. The number of nitrogens with zero attached hydrogens (tertiary/aromatic N) is 1. The molecule has 0 radical (unpaired) electrons. The first-order chi connectivity index (χ1) is 10.1. The van der Waals surface area contributed by atoms with Crippen LogP contribution in [0.2, 0.25) is 0 Å². The van der Waals surface area contributed by atoms with Crippen LogP contribution >= 0.6 is 0 Å². The van der Waals surface area contributed by atoms with Crippen LogP contribution in [0.3, 0.4) is 0 Å². The van der Waals surface area contributed by atoms with Gasteiger partial charge in [-0.3, -0.25) is 4.98 Å². The fourth-order valence-electron chi connectivity index (χ4n) is 2.09. The number of hydrogen-bond acceptors (Lipinski definition) is 5. The van der Waals surface area contributed by atoms with E-state index in [1.54, 1.807) is 13.1 Å². The second-order valence-electron chi connectivity index (χ2n) is 4.39. The summed E-state index contributed by atoms with van der Waals surface area (Å²) in [6, 6.07) is 9.14. The maximum absolute atomic E-state index is 12.1. The van der Waals surface area contributed by atoms with Crippen LogP contribution in [0.4, 0.5) is 0 Å². The summed E-state index contributed by atoms with van der Waals surface area (Å²) in [7, 11) is 2.53. The SMILES string of the molecule is COC(=O)c1c(C)cnc(-c2ccccc2)c1C(=O)OC. The lowest BCUT2D eigenvalue weighted by molar-refractivity contribution is 0.0554. The standard InChI is InChI=1S/C16H15NO4/c1-10-9-17-14(11-7-5-4-6-8-11)13(16(19)21-3)12(10)15(18)20-2/h4-9H,1-3H3. The van der Waals surface area contributed by atoms with Crippen LogP contribution in [0.5, 0.6) is 0 Å². The van der Waals surface area contributed by atoms with Crippen LogP contribution in [-0.4, -0.2) is 31.1 Å². The third kappa shape index (κ3) is 2.76. The van der Waals surface area contributed by atoms with E-state index in [1.807, 2.05) is 30.3 Å². The van der Waals surface area contributed by atoms with E-state index >= 15 is 0 Å². The first-order valence-electron chi connectivity index (χ1n) is 6.31. The smallest absolute Gasteiger partial charge is 0.340 e. The number of rotatable bonds is 3. The molecule has 0 amide bonds. The Labute approximate surface area is 122 Å². The topological polar surface area (TPSA) is 65.5 Å². The quantitative estimate of drug-likeness (QED) is 0.811. The van der Waals surface area contributed by atoms with Crippen LogP contribution < -0.4 is 0 Å². The van der Waals surface area contributed by atoms with Gasteiger partial charge >= 0.3 is 11.9 Å². The van der Waals surface area contributed by atoms with Gasteiger partial charge in [-0.05, 0) is 12.5 Å². The second kappa shape index (κ2) is 6.17. The average Bonchev–Trinajstić information content (AvgIpc) is 2.53. The Morgan fingerprint density at radius 3 is 2.10 bits per heavy atom. The zero-order valence-corrected chi connectivity index (χ0v) is 12.0. The van der Waals surface area contributed by atoms with Gasteiger partial charge in [0.25, 0.3) is 0 Å². The highest BCUT2D eigenvalue weighted by atomic mass is 16.5. The van der Waals surface area contributed by atoms with Crippen molar-refractivity contribution in [3.05, 3.63) is 53.2 Å². The molecule has 0 saturated heterocycles.